The monoisotopic (exact) mass is 312 g/mol. The van der Waals surface area contributed by atoms with Crippen LogP contribution in [0.15, 0.2) is 24.5 Å². The Morgan fingerprint density at radius 3 is 2.91 bits per heavy atom. The van der Waals surface area contributed by atoms with E-state index in [0.29, 0.717) is 12.4 Å². The van der Waals surface area contributed by atoms with E-state index in [0.717, 1.165) is 49.2 Å². The summed E-state index contributed by atoms with van der Waals surface area (Å²) >= 11 is 0. The van der Waals surface area contributed by atoms with Gasteiger partial charge in [0.1, 0.15) is 5.82 Å². The topological polar surface area (TPSA) is 70.9 Å². The Bertz CT molecular complexity index is 670. The molecule has 2 aromatic heterocycles. The van der Waals surface area contributed by atoms with E-state index < -0.39 is 5.60 Å². The van der Waals surface area contributed by atoms with Crippen molar-refractivity contribution in [3.05, 3.63) is 35.8 Å². The maximum atomic E-state index is 10.4. The zero-order valence-corrected chi connectivity index (χ0v) is 13.8. The summed E-state index contributed by atoms with van der Waals surface area (Å²) < 4.78 is 0. The van der Waals surface area contributed by atoms with Crippen molar-refractivity contribution in [2.75, 3.05) is 11.9 Å². The lowest BCUT2D eigenvalue weighted by atomic mass is 10.0. The zero-order chi connectivity index (χ0) is 16.3. The number of anilines is 1. The normalized spacial score (nSPS) is 16.0. The largest absolute Gasteiger partial charge is 0.388 e. The van der Waals surface area contributed by atoms with E-state index in [1.165, 1.54) is 5.56 Å². The van der Waals surface area contributed by atoms with Crippen LogP contribution in [0.25, 0.3) is 11.4 Å². The average molecular weight is 312 g/mol. The number of aryl methyl sites for hydroxylation is 1. The van der Waals surface area contributed by atoms with Crippen LogP contribution in [0.1, 0.15) is 44.4 Å². The van der Waals surface area contributed by atoms with Gasteiger partial charge in [-0.05, 0) is 44.7 Å². The highest BCUT2D eigenvalue weighted by Crippen LogP contribution is 2.29. The standard InChI is InChI=1S/C18H24N4O/c1-3-9-18(2,23)12-20-17-14-7-4-8-15(14)21-16(22-17)13-6-5-10-19-11-13/h5-6,10-11,23H,3-4,7-9,12H2,1-2H3,(H,20,21,22). The molecule has 1 aliphatic carbocycles. The molecule has 3 rings (SSSR count). The Morgan fingerprint density at radius 1 is 1.30 bits per heavy atom. The third kappa shape index (κ3) is 3.67. The molecule has 0 aromatic carbocycles. The Morgan fingerprint density at radius 2 is 2.17 bits per heavy atom. The minimum atomic E-state index is -0.723. The highest BCUT2D eigenvalue weighted by atomic mass is 16.3. The molecule has 0 radical (unpaired) electrons. The second-order valence-corrected chi connectivity index (χ2v) is 6.52. The van der Waals surface area contributed by atoms with Crippen LogP contribution in [0.3, 0.4) is 0 Å². The molecule has 0 fully saturated rings. The van der Waals surface area contributed by atoms with Gasteiger partial charge in [-0.15, -0.1) is 0 Å². The molecule has 122 valence electrons. The van der Waals surface area contributed by atoms with Crippen LogP contribution in [0.4, 0.5) is 5.82 Å². The molecule has 0 aliphatic heterocycles. The van der Waals surface area contributed by atoms with Crippen molar-refractivity contribution >= 4 is 5.82 Å². The Balaban J connectivity index is 1.89. The van der Waals surface area contributed by atoms with Crippen LogP contribution in [-0.2, 0) is 12.8 Å². The van der Waals surface area contributed by atoms with Crippen LogP contribution in [-0.4, -0.2) is 32.2 Å². The number of rotatable bonds is 6. The van der Waals surface area contributed by atoms with Gasteiger partial charge in [0.25, 0.3) is 0 Å². The number of hydrogen-bond donors (Lipinski definition) is 2. The number of pyridine rings is 1. The molecule has 1 atom stereocenters. The molecule has 0 amide bonds. The first-order valence-electron chi connectivity index (χ1n) is 8.35. The molecule has 23 heavy (non-hydrogen) atoms. The van der Waals surface area contributed by atoms with Gasteiger partial charge in [-0.25, -0.2) is 9.97 Å². The molecule has 2 aromatic rings. The van der Waals surface area contributed by atoms with Crippen molar-refractivity contribution < 1.29 is 5.11 Å². The molecule has 0 bridgehead atoms. The molecule has 2 heterocycles. The number of nitrogens with one attached hydrogen (secondary N) is 1. The van der Waals surface area contributed by atoms with Gasteiger partial charge >= 0.3 is 0 Å². The SMILES string of the molecule is CCCC(C)(O)CNc1nc(-c2cccnc2)nc2c1CCC2. The molecule has 5 nitrogen and oxygen atoms in total. The lowest BCUT2D eigenvalue weighted by molar-refractivity contribution is 0.0636. The average Bonchev–Trinajstić information content (AvgIpc) is 3.02. The van der Waals surface area contributed by atoms with E-state index in [9.17, 15) is 5.11 Å². The molecular formula is C18H24N4O. The van der Waals surface area contributed by atoms with E-state index in [1.807, 2.05) is 19.1 Å². The number of nitrogens with zero attached hydrogens (tertiary/aromatic N) is 3. The van der Waals surface area contributed by atoms with Crippen molar-refractivity contribution in [1.29, 1.82) is 0 Å². The van der Waals surface area contributed by atoms with E-state index in [1.54, 1.807) is 12.4 Å². The number of aliphatic hydroxyl groups is 1. The maximum absolute atomic E-state index is 10.4. The van der Waals surface area contributed by atoms with Gasteiger partial charge in [0.05, 0.1) is 5.60 Å². The van der Waals surface area contributed by atoms with Crippen LogP contribution in [0.2, 0.25) is 0 Å². The summed E-state index contributed by atoms with van der Waals surface area (Å²) in [5.41, 5.74) is 2.52. The molecule has 1 aliphatic rings. The fourth-order valence-corrected chi connectivity index (χ4v) is 3.10. The molecular weight excluding hydrogens is 288 g/mol. The predicted octanol–water partition coefficient (Wildman–Crippen LogP) is 2.99. The van der Waals surface area contributed by atoms with Crippen LogP contribution >= 0.6 is 0 Å². The third-order valence-electron chi connectivity index (χ3n) is 4.28. The fraction of sp³-hybridized carbons (Fsp3) is 0.500. The van der Waals surface area contributed by atoms with Crippen molar-refractivity contribution in [3.8, 4) is 11.4 Å². The van der Waals surface area contributed by atoms with Gasteiger partial charge in [-0.3, -0.25) is 4.98 Å². The van der Waals surface area contributed by atoms with Crippen molar-refractivity contribution in [3.63, 3.8) is 0 Å². The van der Waals surface area contributed by atoms with E-state index in [-0.39, 0.29) is 0 Å². The van der Waals surface area contributed by atoms with Crippen molar-refractivity contribution in [2.24, 2.45) is 0 Å². The molecule has 0 spiro atoms. The van der Waals surface area contributed by atoms with Crippen molar-refractivity contribution in [1.82, 2.24) is 15.0 Å². The summed E-state index contributed by atoms with van der Waals surface area (Å²) in [6.07, 6.45) is 8.36. The highest BCUT2D eigenvalue weighted by Gasteiger charge is 2.23. The quantitative estimate of drug-likeness (QED) is 0.858. The van der Waals surface area contributed by atoms with Gasteiger partial charge in [0.2, 0.25) is 0 Å². The first-order chi connectivity index (χ1) is 11.1. The van der Waals surface area contributed by atoms with Crippen LogP contribution in [0.5, 0.6) is 0 Å². The van der Waals surface area contributed by atoms with Crippen LogP contribution in [0, 0.1) is 0 Å². The Hall–Kier alpha value is -2.01. The third-order valence-corrected chi connectivity index (χ3v) is 4.28. The van der Waals surface area contributed by atoms with Gasteiger partial charge in [-0.2, -0.15) is 0 Å². The minimum absolute atomic E-state index is 0.497. The van der Waals surface area contributed by atoms with Gasteiger partial charge in [-0.1, -0.05) is 13.3 Å². The number of hydrogen-bond acceptors (Lipinski definition) is 5. The summed E-state index contributed by atoms with van der Waals surface area (Å²) in [7, 11) is 0. The molecule has 1 unspecified atom stereocenters. The Kier molecular flexibility index (Phi) is 4.57. The molecule has 5 heteroatoms. The highest BCUT2D eigenvalue weighted by molar-refractivity contribution is 5.59. The first-order valence-corrected chi connectivity index (χ1v) is 8.35. The van der Waals surface area contributed by atoms with Gasteiger partial charge in [0.15, 0.2) is 5.82 Å². The summed E-state index contributed by atoms with van der Waals surface area (Å²) in [6.45, 7) is 4.45. The second-order valence-electron chi connectivity index (χ2n) is 6.52. The van der Waals surface area contributed by atoms with Crippen LogP contribution < -0.4 is 5.32 Å². The molecule has 0 saturated heterocycles. The summed E-state index contributed by atoms with van der Waals surface area (Å²) in [5.74, 6) is 1.57. The zero-order valence-electron chi connectivity index (χ0n) is 13.8. The van der Waals surface area contributed by atoms with Gasteiger partial charge in [0, 0.05) is 35.8 Å². The second kappa shape index (κ2) is 6.62. The molecule has 0 saturated carbocycles. The lowest BCUT2D eigenvalue weighted by Gasteiger charge is -2.24. The minimum Gasteiger partial charge on any atom is -0.388 e. The smallest absolute Gasteiger partial charge is 0.163 e. The summed E-state index contributed by atoms with van der Waals surface area (Å²) in [4.78, 5) is 13.6. The fourth-order valence-electron chi connectivity index (χ4n) is 3.10. The molecule has 2 N–H and O–H groups in total. The number of aromatic nitrogens is 3. The summed E-state index contributed by atoms with van der Waals surface area (Å²) in [5, 5.41) is 13.8. The number of fused-ring (bicyclic) bond motifs is 1. The lowest BCUT2D eigenvalue weighted by Crippen LogP contribution is -2.33. The van der Waals surface area contributed by atoms with E-state index in [4.69, 9.17) is 9.97 Å². The van der Waals surface area contributed by atoms with Crippen molar-refractivity contribution in [2.45, 2.75) is 51.6 Å². The van der Waals surface area contributed by atoms with Gasteiger partial charge < -0.3 is 10.4 Å². The van der Waals surface area contributed by atoms with E-state index in [2.05, 4.69) is 17.2 Å². The first kappa shape index (κ1) is 15.9. The maximum Gasteiger partial charge on any atom is 0.163 e. The van der Waals surface area contributed by atoms with E-state index >= 15 is 0 Å². The summed E-state index contributed by atoms with van der Waals surface area (Å²) in [6, 6.07) is 3.87. The predicted molar refractivity (Wildman–Crippen MR) is 91.3 cm³/mol. The Labute approximate surface area is 137 Å².